The summed E-state index contributed by atoms with van der Waals surface area (Å²) < 4.78 is 59.3. The van der Waals surface area contributed by atoms with Crippen molar-refractivity contribution in [3.63, 3.8) is 0 Å². The molecule has 0 saturated carbocycles. The van der Waals surface area contributed by atoms with Gasteiger partial charge >= 0.3 is 0 Å². The molecule has 0 atom stereocenters. The van der Waals surface area contributed by atoms with E-state index in [2.05, 4.69) is 4.98 Å². The smallest absolute Gasteiger partial charge is 0.255 e. The number of benzene rings is 2. The lowest BCUT2D eigenvalue weighted by Gasteiger charge is -2.34. The maximum Gasteiger partial charge on any atom is 0.255 e. The summed E-state index contributed by atoms with van der Waals surface area (Å²) in [5.74, 6) is -1.45. The Labute approximate surface area is 184 Å². The predicted octanol–water partition coefficient (Wildman–Crippen LogP) is 2.98. The van der Waals surface area contributed by atoms with Gasteiger partial charge in [-0.25, -0.2) is 17.2 Å². The van der Waals surface area contributed by atoms with Crippen LogP contribution in [0.2, 0.25) is 0 Å². The molecule has 4 rings (SSSR count). The maximum absolute atomic E-state index is 14.0. The number of rotatable bonds is 4. The SMILES string of the molecule is COc1ccc2cc(C(=O)N3CCN(S(=O)(=O)c4cc(F)ccc4F)CC3)c(C)nc2c1. The molecule has 1 saturated heterocycles. The molecule has 0 unspecified atom stereocenters. The molecule has 1 aliphatic rings. The normalized spacial score (nSPS) is 15.2. The van der Waals surface area contributed by atoms with Gasteiger partial charge in [0.05, 0.1) is 23.9 Å². The van der Waals surface area contributed by atoms with Gasteiger partial charge in [-0.05, 0) is 43.3 Å². The number of hydrogen-bond acceptors (Lipinski definition) is 5. The van der Waals surface area contributed by atoms with E-state index in [0.29, 0.717) is 28.6 Å². The predicted molar refractivity (Wildman–Crippen MR) is 114 cm³/mol. The van der Waals surface area contributed by atoms with Crippen LogP contribution in [0.5, 0.6) is 5.75 Å². The summed E-state index contributed by atoms with van der Waals surface area (Å²) in [7, 11) is -2.65. The molecule has 2 heterocycles. The highest BCUT2D eigenvalue weighted by Crippen LogP contribution is 2.25. The third-order valence-corrected chi connectivity index (χ3v) is 7.40. The molecule has 7 nitrogen and oxygen atoms in total. The van der Waals surface area contributed by atoms with E-state index in [-0.39, 0.29) is 32.1 Å². The molecule has 1 aliphatic heterocycles. The lowest BCUT2D eigenvalue weighted by molar-refractivity contribution is 0.0696. The van der Waals surface area contributed by atoms with Gasteiger partial charge in [0.25, 0.3) is 5.91 Å². The Kier molecular flexibility index (Phi) is 5.83. The van der Waals surface area contributed by atoms with Crippen LogP contribution in [0.15, 0.2) is 47.4 Å². The van der Waals surface area contributed by atoms with E-state index in [9.17, 15) is 22.0 Å². The average Bonchev–Trinajstić information content (AvgIpc) is 2.79. The highest BCUT2D eigenvalue weighted by molar-refractivity contribution is 7.89. The van der Waals surface area contributed by atoms with Crippen LogP contribution in [0.1, 0.15) is 16.1 Å². The number of fused-ring (bicyclic) bond motifs is 1. The van der Waals surface area contributed by atoms with Crippen LogP contribution in [-0.2, 0) is 10.0 Å². The van der Waals surface area contributed by atoms with E-state index in [0.717, 1.165) is 21.8 Å². The van der Waals surface area contributed by atoms with Crippen LogP contribution in [0.3, 0.4) is 0 Å². The molecule has 1 fully saturated rings. The highest BCUT2D eigenvalue weighted by Gasteiger charge is 2.33. The number of halogens is 2. The standard InChI is InChI=1S/C22H21F2N3O4S/c1-14-18(11-15-3-5-17(31-2)13-20(15)25-14)22(28)26-7-9-27(10-8-26)32(29,30)21-12-16(23)4-6-19(21)24/h3-6,11-13H,7-10H2,1-2H3. The van der Waals surface area contributed by atoms with Gasteiger partial charge in [-0.15, -0.1) is 0 Å². The van der Waals surface area contributed by atoms with Crippen LogP contribution in [0.4, 0.5) is 8.78 Å². The largest absolute Gasteiger partial charge is 0.497 e. The lowest BCUT2D eigenvalue weighted by atomic mass is 10.1. The van der Waals surface area contributed by atoms with Gasteiger partial charge in [0.1, 0.15) is 22.3 Å². The number of piperazine rings is 1. The first-order valence-corrected chi connectivity index (χ1v) is 11.3. The molecule has 168 valence electrons. The summed E-state index contributed by atoms with van der Waals surface area (Å²) in [6, 6.07) is 9.45. The van der Waals surface area contributed by atoms with E-state index < -0.39 is 26.6 Å². The number of hydrogen-bond donors (Lipinski definition) is 0. The Balaban J connectivity index is 1.52. The molecule has 2 aromatic carbocycles. The summed E-state index contributed by atoms with van der Waals surface area (Å²) in [5, 5.41) is 0.780. The zero-order valence-electron chi connectivity index (χ0n) is 17.5. The number of sulfonamides is 1. The fraction of sp³-hybridized carbons (Fsp3) is 0.273. The lowest BCUT2D eigenvalue weighted by Crippen LogP contribution is -2.50. The maximum atomic E-state index is 14.0. The van der Waals surface area contributed by atoms with E-state index >= 15 is 0 Å². The van der Waals surface area contributed by atoms with E-state index in [1.807, 2.05) is 6.07 Å². The summed E-state index contributed by atoms with van der Waals surface area (Å²) in [6.45, 7) is 1.92. The summed E-state index contributed by atoms with van der Waals surface area (Å²) in [6.07, 6.45) is 0. The molecule has 0 bridgehead atoms. The number of methoxy groups -OCH3 is 1. The van der Waals surface area contributed by atoms with Crippen LogP contribution in [0, 0.1) is 18.6 Å². The first kappa shape index (κ1) is 22.1. The van der Waals surface area contributed by atoms with E-state index in [1.54, 1.807) is 32.2 Å². The number of aryl methyl sites for hydroxylation is 1. The molecule has 32 heavy (non-hydrogen) atoms. The van der Waals surface area contributed by atoms with Gasteiger partial charge in [0, 0.05) is 37.6 Å². The monoisotopic (exact) mass is 461 g/mol. The number of nitrogens with zero attached hydrogens (tertiary/aromatic N) is 3. The number of ether oxygens (including phenoxy) is 1. The van der Waals surface area contributed by atoms with Gasteiger partial charge in [0.15, 0.2) is 0 Å². The van der Waals surface area contributed by atoms with Crippen molar-refractivity contribution in [2.24, 2.45) is 0 Å². The van der Waals surface area contributed by atoms with Crippen LogP contribution in [-0.4, -0.2) is 61.8 Å². The minimum Gasteiger partial charge on any atom is -0.497 e. The van der Waals surface area contributed by atoms with Crippen molar-refractivity contribution in [2.75, 3.05) is 33.3 Å². The van der Waals surface area contributed by atoms with Crippen LogP contribution >= 0.6 is 0 Å². The second-order valence-electron chi connectivity index (χ2n) is 7.45. The zero-order chi connectivity index (χ0) is 23.0. The Bertz CT molecular complexity index is 1310. The summed E-state index contributed by atoms with van der Waals surface area (Å²) >= 11 is 0. The molecule has 0 N–H and O–H groups in total. The second kappa shape index (κ2) is 8.44. The molecule has 0 radical (unpaired) electrons. The third kappa shape index (κ3) is 4.03. The third-order valence-electron chi connectivity index (χ3n) is 5.48. The van der Waals surface area contributed by atoms with Crippen molar-refractivity contribution in [1.29, 1.82) is 0 Å². The molecule has 10 heteroatoms. The van der Waals surface area contributed by atoms with Gasteiger partial charge in [0.2, 0.25) is 10.0 Å². The van der Waals surface area contributed by atoms with Crippen molar-refractivity contribution in [2.45, 2.75) is 11.8 Å². The quantitative estimate of drug-likeness (QED) is 0.597. The fourth-order valence-corrected chi connectivity index (χ4v) is 5.20. The van der Waals surface area contributed by atoms with Crippen LogP contribution < -0.4 is 4.74 Å². The Morgan fingerprint density at radius 1 is 1.03 bits per heavy atom. The first-order valence-electron chi connectivity index (χ1n) is 9.90. The summed E-state index contributed by atoms with van der Waals surface area (Å²) in [5.41, 5.74) is 1.68. The zero-order valence-corrected chi connectivity index (χ0v) is 18.3. The van der Waals surface area contributed by atoms with E-state index in [1.165, 1.54) is 4.90 Å². The molecular formula is C22H21F2N3O4S. The molecular weight excluding hydrogens is 440 g/mol. The van der Waals surface area contributed by atoms with Crippen molar-refractivity contribution in [1.82, 2.24) is 14.2 Å². The number of carbonyl (C=O) groups is 1. The van der Waals surface area contributed by atoms with Crippen molar-refractivity contribution in [3.05, 3.63) is 65.4 Å². The Hall–Kier alpha value is -3.11. The minimum absolute atomic E-state index is 0.0265. The fourth-order valence-electron chi connectivity index (χ4n) is 3.70. The Morgan fingerprint density at radius 2 is 1.75 bits per heavy atom. The molecule has 1 amide bonds. The number of amides is 1. The Morgan fingerprint density at radius 3 is 2.44 bits per heavy atom. The van der Waals surface area contributed by atoms with Gasteiger partial charge in [-0.1, -0.05) is 0 Å². The van der Waals surface area contributed by atoms with Crippen molar-refractivity contribution < 1.29 is 26.7 Å². The van der Waals surface area contributed by atoms with Gasteiger partial charge in [-0.3, -0.25) is 9.78 Å². The van der Waals surface area contributed by atoms with Crippen molar-refractivity contribution >= 4 is 26.8 Å². The van der Waals surface area contributed by atoms with E-state index in [4.69, 9.17) is 4.74 Å². The summed E-state index contributed by atoms with van der Waals surface area (Å²) in [4.78, 5) is 18.4. The molecule has 1 aromatic heterocycles. The minimum atomic E-state index is -4.22. The van der Waals surface area contributed by atoms with Crippen LogP contribution in [0.25, 0.3) is 10.9 Å². The second-order valence-corrected chi connectivity index (χ2v) is 9.36. The average molecular weight is 461 g/mol. The number of pyridine rings is 1. The molecule has 0 aliphatic carbocycles. The van der Waals surface area contributed by atoms with Crippen molar-refractivity contribution in [3.8, 4) is 5.75 Å². The first-order chi connectivity index (χ1) is 15.2. The van der Waals surface area contributed by atoms with Gasteiger partial charge < -0.3 is 9.64 Å². The molecule has 3 aromatic rings. The molecule has 0 spiro atoms. The topological polar surface area (TPSA) is 79.8 Å². The number of carbonyl (C=O) groups excluding carboxylic acids is 1. The highest BCUT2D eigenvalue weighted by atomic mass is 32.2. The number of aromatic nitrogens is 1. The van der Waals surface area contributed by atoms with Gasteiger partial charge in [-0.2, -0.15) is 4.31 Å².